The van der Waals surface area contributed by atoms with Gasteiger partial charge in [-0.1, -0.05) is 0 Å². The average molecular weight is 358 g/mol. The highest BCUT2D eigenvalue weighted by Gasteiger charge is 2.52. The minimum Gasteiger partial charge on any atom is -0.308 e. The monoisotopic (exact) mass is 357 g/mol. The van der Waals surface area contributed by atoms with Crippen molar-refractivity contribution in [2.45, 2.75) is 65.0 Å². The molecule has 0 amide bonds. The molecule has 0 saturated heterocycles. The van der Waals surface area contributed by atoms with Crippen LogP contribution in [0.3, 0.4) is 0 Å². The van der Waals surface area contributed by atoms with Gasteiger partial charge < -0.3 is 5.32 Å². The summed E-state index contributed by atoms with van der Waals surface area (Å²) in [5.74, 6) is 2.93. The number of hydrogen-bond acceptors (Lipinski definition) is 4. The first-order chi connectivity index (χ1) is 12.0. The Morgan fingerprint density at radius 1 is 1.28 bits per heavy atom. The van der Waals surface area contributed by atoms with Gasteiger partial charge in [-0.25, -0.2) is 4.98 Å². The van der Waals surface area contributed by atoms with Crippen LogP contribution in [0.4, 0.5) is 0 Å². The van der Waals surface area contributed by atoms with Gasteiger partial charge in [-0.15, -0.1) is 11.3 Å². The fourth-order valence-corrected chi connectivity index (χ4v) is 7.26. The average Bonchev–Trinajstić information content (AvgIpc) is 2.93. The Bertz CT molecular complexity index is 832. The molecule has 2 aromatic heterocycles. The largest absolute Gasteiger partial charge is 0.308 e. The van der Waals surface area contributed by atoms with E-state index in [2.05, 4.69) is 12.2 Å². The van der Waals surface area contributed by atoms with E-state index in [0.29, 0.717) is 18.0 Å². The Morgan fingerprint density at radius 2 is 1.92 bits per heavy atom. The van der Waals surface area contributed by atoms with Gasteiger partial charge in [0.15, 0.2) is 4.96 Å². The molecule has 134 valence electrons. The predicted molar refractivity (Wildman–Crippen MR) is 101 cm³/mol. The molecular weight excluding hydrogens is 330 g/mol. The summed E-state index contributed by atoms with van der Waals surface area (Å²) in [5, 5.41) is 5.75. The number of aromatic nitrogens is 2. The third-order valence-electron chi connectivity index (χ3n) is 7.22. The maximum Gasteiger partial charge on any atom is 0.259 e. The zero-order chi connectivity index (χ0) is 17.2. The Hall–Kier alpha value is -1.20. The van der Waals surface area contributed by atoms with E-state index in [-0.39, 0.29) is 5.56 Å². The first kappa shape index (κ1) is 16.0. The van der Waals surface area contributed by atoms with Crippen molar-refractivity contribution in [2.75, 3.05) is 0 Å². The van der Waals surface area contributed by atoms with Gasteiger partial charge in [0.2, 0.25) is 0 Å². The second-order valence-electron chi connectivity index (χ2n) is 8.96. The molecule has 0 aromatic carbocycles. The van der Waals surface area contributed by atoms with E-state index in [1.54, 1.807) is 21.8 Å². The number of rotatable bonds is 4. The maximum absolute atomic E-state index is 12.3. The molecule has 0 radical (unpaired) electrons. The number of nitrogens with one attached hydrogen (secondary N) is 1. The van der Waals surface area contributed by atoms with Gasteiger partial charge in [0.1, 0.15) is 0 Å². The number of thiazole rings is 1. The van der Waals surface area contributed by atoms with E-state index in [1.165, 1.54) is 38.5 Å². The predicted octanol–water partition coefficient (Wildman–Crippen LogP) is 3.76. The van der Waals surface area contributed by atoms with Crippen molar-refractivity contribution in [3.63, 3.8) is 0 Å². The van der Waals surface area contributed by atoms with Crippen LogP contribution in [0.2, 0.25) is 0 Å². The van der Waals surface area contributed by atoms with Crippen LogP contribution in [0, 0.1) is 30.1 Å². The summed E-state index contributed by atoms with van der Waals surface area (Å²) in [6.45, 7) is 5.03. The normalized spacial score (nSPS) is 34.7. The zero-order valence-electron chi connectivity index (χ0n) is 15.1. The number of fused-ring (bicyclic) bond motifs is 1. The molecule has 4 bridgehead atoms. The molecule has 4 saturated carbocycles. The molecule has 5 heteroatoms. The first-order valence-electron chi connectivity index (χ1n) is 9.72. The first-order valence-corrected chi connectivity index (χ1v) is 10.6. The molecule has 4 aliphatic rings. The topological polar surface area (TPSA) is 46.4 Å². The van der Waals surface area contributed by atoms with Gasteiger partial charge in [0.05, 0.1) is 5.69 Å². The molecular formula is C20H27N3OS. The van der Waals surface area contributed by atoms with E-state index < -0.39 is 0 Å². The van der Waals surface area contributed by atoms with E-state index in [1.807, 2.05) is 12.3 Å². The summed E-state index contributed by atoms with van der Waals surface area (Å²) < 4.78 is 1.71. The summed E-state index contributed by atoms with van der Waals surface area (Å²) in [6.07, 6.45) is 8.68. The number of nitrogens with zero attached hydrogens (tertiary/aromatic N) is 2. The Morgan fingerprint density at radius 3 is 2.56 bits per heavy atom. The fourth-order valence-electron chi connectivity index (χ4n) is 6.37. The third-order valence-corrected chi connectivity index (χ3v) is 8.17. The number of aryl methyl sites for hydroxylation is 1. The van der Waals surface area contributed by atoms with Crippen molar-refractivity contribution in [2.24, 2.45) is 23.2 Å². The summed E-state index contributed by atoms with van der Waals surface area (Å²) in [6, 6.07) is 2.21. The fraction of sp³-hybridized carbons (Fsp3) is 0.700. The number of hydrogen-bond donors (Lipinski definition) is 1. The van der Waals surface area contributed by atoms with Crippen molar-refractivity contribution in [1.29, 1.82) is 0 Å². The molecule has 2 heterocycles. The van der Waals surface area contributed by atoms with Gasteiger partial charge in [0.25, 0.3) is 5.56 Å². The van der Waals surface area contributed by atoms with Crippen LogP contribution < -0.4 is 10.9 Å². The van der Waals surface area contributed by atoms with Crippen LogP contribution >= 0.6 is 11.3 Å². The molecule has 4 nitrogen and oxygen atoms in total. The van der Waals surface area contributed by atoms with Crippen molar-refractivity contribution in [3.05, 3.63) is 33.2 Å². The molecule has 0 spiro atoms. The standard InChI is InChI=1S/C20H27N3OS/c1-12-11-25-19-22-17(6-18(24)23(12)19)10-21-13(2)20-7-14-3-15(8-20)5-16(4-14)9-20/h6,11,13-16,21H,3-5,7-10H2,1-2H3/t13-,14?,15?,16?,20?/m1/s1. The minimum absolute atomic E-state index is 0.0445. The van der Waals surface area contributed by atoms with Crippen LogP contribution in [0.1, 0.15) is 56.8 Å². The van der Waals surface area contributed by atoms with Crippen LogP contribution in [-0.4, -0.2) is 15.4 Å². The minimum atomic E-state index is 0.0445. The molecule has 4 aliphatic carbocycles. The lowest BCUT2D eigenvalue weighted by molar-refractivity contribution is -0.0707. The third kappa shape index (κ3) is 2.58. The van der Waals surface area contributed by atoms with Crippen molar-refractivity contribution in [1.82, 2.24) is 14.7 Å². The van der Waals surface area contributed by atoms with E-state index in [4.69, 9.17) is 4.98 Å². The second-order valence-corrected chi connectivity index (χ2v) is 9.80. The van der Waals surface area contributed by atoms with E-state index in [9.17, 15) is 4.79 Å². The van der Waals surface area contributed by atoms with Crippen molar-refractivity contribution >= 4 is 16.3 Å². The quantitative estimate of drug-likeness (QED) is 0.906. The van der Waals surface area contributed by atoms with Crippen molar-refractivity contribution < 1.29 is 0 Å². The Balaban J connectivity index is 1.34. The lowest BCUT2D eigenvalue weighted by atomic mass is 9.48. The maximum atomic E-state index is 12.3. The van der Waals surface area contributed by atoms with Gasteiger partial charge in [0, 0.05) is 29.7 Å². The molecule has 1 N–H and O–H groups in total. The highest BCUT2D eigenvalue weighted by atomic mass is 32.1. The van der Waals surface area contributed by atoms with Gasteiger partial charge in [-0.05, 0) is 75.5 Å². The summed E-state index contributed by atoms with van der Waals surface area (Å²) in [5.41, 5.74) is 2.39. The molecule has 4 fully saturated rings. The SMILES string of the molecule is Cc1csc2nc(CN[C@H](C)C34CC5CC(CC(C5)C3)C4)cc(=O)n12. The van der Waals surface area contributed by atoms with Crippen molar-refractivity contribution in [3.8, 4) is 0 Å². The molecule has 6 rings (SSSR count). The highest BCUT2D eigenvalue weighted by molar-refractivity contribution is 7.15. The summed E-state index contributed by atoms with van der Waals surface area (Å²) >= 11 is 1.55. The van der Waals surface area contributed by atoms with E-state index in [0.717, 1.165) is 34.1 Å². The van der Waals surface area contributed by atoms with Crippen LogP contribution in [-0.2, 0) is 6.54 Å². The van der Waals surface area contributed by atoms with Gasteiger partial charge in [-0.2, -0.15) is 0 Å². The van der Waals surface area contributed by atoms with Gasteiger partial charge in [-0.3, -0.25) is 9.20 Å². The smallest absolute Gasteiger partial charge is 0.259 e. The van der Waals surface area contributed by atoms with Crippen LogP contribution in [0.5, 0.6) is 0 Å². The van der Waals surface area contributed by atoms with Gasteiger partial charge >= 0.3 is 0 Å². The second kappa shape index (κ2) is 5.65. The van der Waals surface area contributed by atoms with Crippen LogP contribution in [0.15, 0.2) is 16.2 Å². The molecule has 0 aliphatic heterocycles. The highest BCUT2D eigenvalue weighted by Crippen LogP contribution is 2.61. The molecule has 2 aromatic rings. The molecule has 0 unspecified atom stereocenters. The summed E-state index contributed by atoms with van der Waals surface area (Å²) in [7, 11) is 0. The molecule has 25 heavy (non-hydrogen) atoms. The Kier molecular flexibility index (Phi) is 3.62. The Labute approximate surface area is 152 Å². The van der Waals surface area contributed by atoms with Crippen LogP contribution in [0.25, 0.3) is 4.96 Å². The lowest BCUT2D eigenvalue weighted by Crippen LogP contribution is -2.54. The molecule has 1 atom stereocenters. The lowest BCUT2D eigenvalue weighted by Gasteiger charge is -2.59. The summed E-state index contributed by atoms with van der Waals surface area (Å²) in [4.78, 5) is 17.9. The zero-order valence-corrected chi connectivity index (χ0v) is 15.9. The van der Waals surface area contributed by atoms with E-state index >= 15 is 0 Å².